The van der Waals surface area contributed by atoms with Crippen LogP contribution in [0.5, 0.6) is 5.75 Å². The second-order valence-electron chi connectivity index (χ2n) is 7.31. The number of hydrogen-bond acceptors (Lipinski definition) is 2. The largest absolute Gasteiger partial charge is 0.616 e. The molecular formula is C18H17F13O2S. The summed E-state index contributed by atoms with van der Waals surface area (Å²) in [7, 11) is 1.19. The molecule has 1 atom stereocenters. The van der Waals surface area contributed by atoms with Gasteiger partial charge in [-0.25, -0.2) is 0 Å². The predicted molar refractivity (Wildman–Crippen MR) is 94.6 cm³/mol. The third kappa shape index (κ3) is 5.16. The fourth-order valence-electron chi connectivity index (χ4n) is 2.89. The number of aryl methyl sites for hydroxylation is 2. The van der Waals surface area contributed by atoms with E-state index in [1.54, 1.807) is 19.9 Å². The number of hydrogen-bond donors (Lipinski definition) is 0. The zero-order chi connectivity index (χ0) is 27.1. The monoisotopic (exact) mass is 544 g/mol. The predicted octanol–water partition coefficient (Wildman–Crippen LogP) is 6.69. The molecular weight excluding hydrogens is 527 g/mol. The van der Waals surface area contributed by atoms with Gasteiger partial charge in [-0.1, -0.05) is 11.6 Å². The minimum atomic E-state index is -7.95. The molecule has 198 valence electrons. The van der Waals surface area contributed by atoms with Gasteiger partial charge >= 0.3 is 35.8 Å². The van der Waals surface area contributed by atoms with E-state index in [0.29, 0.717) is 11.1 Å². The van der Waals surface area contributed by atoms with E-state index in [4.69, 9.17) is 4.74 Å². The molecule has 1 rings (SSSR count). The van der Waals surface area contributed by atoms with Gasteiger partial charge in [-0.3, -0.25) is 0 Å². The molecule has 0 saturated carbocycles. The average Bonchev–Trinajstić information content (AvgIpc) is 2.64. The summed E-state index contributed by atoms with van der Waals surface area (Å²) in [6, 6.07) is 2.99. The van der Waals surface area contributed by atoms with Gasteiger partial charge in [0.2, 0.25) is 0 Å². The van der Waals surface area contributed by atoms with E-state index in [9.17, 15) is 61.6 Å². The van der Waals surface area contributed by atoms with Crippen molar-refractivity contribution >= 4 is 11.2 Å². The number of ether oxygens (including phenoxy) is 1. The highest BCUT2D eigenvalue weighted by molar-refractivity contribution is 7.90. The van der Waals surface area contributed by atoms with Crippen molar-refractivity contribution in [2.75, 3.05) is 12.9 Å². The maximum Gasteiger partial charge on any atom is 0.460 e. The maximum atomic E-state index is 13.8. The van der Waals surface area contributed by atoms with Crippen molar-refractivity contribution in [2.24, 2.45) is 0 Å². The van der Waals surface area contributed by atoms with Crippen LogP contribution in [0.1, 0.15) is 23.1 Å². The molecule has 0 bridgehead atoms. The molecule has 0 fully saturated rings. The zero-order valence-electron chi connectivity index (χ0n) is 17.4. The average molecular weight is 544 g/mol. The van der Waals surface area contributed by atoms with Gasteiger partial charge in [-0.05, 0) is 36.7 Å². The summed E-state index contributed by atoms with van der Waals surface area (Å²) in [5.74, 6) is -39.2. The number of alkyl halides is 13. The Morgan fingerprint density at radius 1 is 0.765 bits per heavy atom. The Morgan fingerprint density at radius 3 is 1.68 bits per heavy atom. The number of rotatable bonds is 10. The second-order valence-corrected chi connectivity index (χ2v) is 8.89. The van der Waals surface area contributed by atoms with Crippen LogP contribution < -0.4 is 4.74 Å². The summed E-state index contributed by atoms with van der Waals surface area (Å²) >= 11 is -2.51. The first-order valence-corrected chi connectivity index (χ1v) is 10.4. The molecule has 34 heavy (non-hydrogen) atoms. The molecule has 0 heterocycles. The van der Waals surface area contributed by atoms with E-state index in [-0.39, 0.29) is 11.3 Å². The summed E-state index contributed by atoms with van der Waals surface area (Å²) < 4.78 is 188. The van der Waals surface area contributed by atoms with Crippen molar-refractivity contribution < 1.29 is 66.4 Å². The topological polar surface area (TPSA) is 32.3 Å². The van der Waals surface area contributed by atoms with Gasteiger partial charge in [-0.2, -0.15) is 57.1 Å². The molecule has 0 N–H and O–H groups in total. The minimum absolute atomic E-state index is 0.134. The van der Waals surface area contributed by atoms with Gasteiger partial charge in [0, 0.05) is 5.56 Å². The standard InChI is InChI=1S/C18H17F13O2S/c1-9-6-10(2)12(33-3)11(7-9)8-34(32)5-4-13(19,20)14(21,22)15(23,24)16(25,26)17(27,28)18(29,30)31/h6-7H,4-5,8H2,1-3H3. The number of benzene rings is 1. The van der Waals surface area contributed by atoms with Crippen LogP contribution in [0.4, 0.5) is 57.1 Å². The summed E-state index contributed by atoms with van der Waals surface area (Å²) in [5.41, 5.74) is 1.21. The van der Waals surface area contributed by atoms with E-state index in [1.165, 1.54) is 13.2 Å². The maximum absolute atomic E-state index is 13.8. The van der Waals surface area contributed by atoms with Gasteiger partial charge in [0.15, 0.2) is 0 Å². The van der Waals surface area contributed by atoms with Crippen molar-refractivity contribution in [1.82, 2.24) is 0 Å². The lowest BCUT2D eigenvalue weighted by atomic mass is 9.93. The summed E-state index contributed by atoms with van der Waals surface area (Å²) in [5, 5.41) is 0. The van der Waals surface area contributed by atoms with Gasteiger partial charge in [-0.15, -0.1) is 0 Å². The lowest BCUT2D eigenvalue weighted by molar-refractivity contribution is -0.439. The van der Waals surface area contributed by atoms with Gasteiger partial charge in [0.05, 0.1) is 13.5 Å². The van der Waals surface area contributed by atoms with E-state index < -0.39 is 64.9 Å². The molecule has 0 saturated heterocycles. The van der Waals surface area contributed by atoms with Gasteiger partial charge < -0.3 is 9.29 Å². The van der Waals surface area contributed by atoms with E-state index in [2.05, 4.69) is 0 Å². The Bertz CT molecular complexity index is 868. The second kappa shape index (κ2) is 9.47. The summed E-state index contributed by atoms with van der Waals surface area (Å²) in [6.07, 6.45) is -9.96. The van der Waals surface area contributed by atoms with Crippen LogP contribution in [-0.4, -0.2) is 53.2 Å². The van der Waals surface area contributed by atoms with Crippen molar-refractivity contribution in [3.8, 4) is 5.75 Å². The minimum Gasteiger partial charge on any atom is -0.616 e. The molecule has 0 amide bonds. The van der Waals surface area contributed by atoms with E-state index in [1.807, 2.05) is 0 Å². The summed E-state index contributed by atoms with van der Waals surface area (Å²) in [6.45, 7) is 3.12. The lowest BCUT2D eigenvalue weighted by Gasteiger charge is -2.39. The van der Waals surface area contributed by atoms with E-state index >= 15 is 0 Å². The normalized spacial score (nSPS) is 15.4. The first-order valence-electron chi connectivity index (χ1n) is 8.92. The Labute approximate surface area is 187 Å². The van der Waals surface area contributed by atoms with Crippen molar-refractivity contribution in [3.05, 3.63) is 28.8 Å². The van der Waals surface area contributed by atoms with Crippen LogP contribution in [-0.2, 0) is 16.9 Å². The molecule has 0 aliphatic heterocycles. The Balaban J connectivity index is 3.15. The molecule has 0 radical (unpaired) electrons. The molecule has 0 aromatic heterocycles. The van der Waals surface area contributed by atoms with Gasteiger partial charge in [0.25, 0.3) is 0 Å². The highest BCUT2D eigenvalue weighted by atomic mass is 32.2. The fraction of sp³-hybridized carbons (Fsp3) is 0.667. The third-order valence-corrected chi connectivity index (χ3v) is 5.95. The van der Waals surface area contributed by atoms with E-state index in [0.717, 1.165) is 0 Å². The highest BCUT2D eigenvalue weighted by Gasteiger charge is 2.90. The molecule has 1 aromatic rings. The molecule has 1 aromatic carbocycles. The Hall–Kier alpha value is -1.58. The number of halogens is 13. The Kier molecular flexibility index (Phi) is 8.48. The van der Waals surface area contributed by atoms with Crippen LogP contribution in [0.2, 0.25) is 0 Å². The van der Waals surface area contributed by atoms with Crippen molar-refractivity contribution in [2.45, 2.75) is 61.8 Å². The number of methoxy groups -OCH3 is 1. The molecule has 2 nitrogen and oxygen atoms in total. The van der Waals surface area contributed by atoms with Crippen LogP contribution in [0.15, 0.2) is 12.1 Å². The van der Waals surface area contributed by atoms with Crippen molar-refractivity contribution in [1.29, 1.82) is 0 Å². The molecule has 1 unspecified atom stereocenters. The van der Waals surface area contributed by atoms with Crippen LogP contribution in [0.3, 0.4) is 0 Å². The third-order valence-electron chi connectivity index (χ3n) is 4.66. The summed E-state index contributed by atoms with van der Waals surface area (Å²) in [4.78, 5) is 0. The van der Waals surface area contributed by atoms with Crippen LogP contribution in [0, 0.1) is 13.8 Å². The molecule has 16 heteroatoms. The first kappa shape index (κ1) is 30.5. The Morgan fingerprint density at radius 2 is 1.24 bits per heavy atom. The fourth-order valence-corrected chi connectivity index (χ4v) is 4.08. The molecule has 0 spiro atoms. The SMILES string of the molecule is COc1c(C)cc(C)cc1C[S+]([O-])CCC(F)(F)C(F)(F)C(F)(F)C(F)(F)C(F)(F)C(F)(F)F. The quantitative estimate of drug-likeness (QED) is 0.243. The van der Waals surface area contributed by atoms with Crippen molar-refractivity contribution in [3.63, 3.8) is 0 Å². The van der Waals surface area contributed by atoms with Crippen LogP contribution in [0.25, 0.3) is 0 Å². The van der Waals surface area contributed by atoms with Crippen LogP contribution >= 0.6 is 0 Å². The molecule has 0 aliphatic carbocycles. The lowest BCUT2D eigenvalue weighted by Crippen LogP contribution is -2.70. The highest BCUT2D eigenvalue weighted by Crippen LogP contribution is 2.60. The molecule has 0 aliphatic rings. The van der Waals surface area contributed by atoms with Gasteiger partial charge in [0.1, 0.15) is 17.3 Å². The first-order chi connectivity index (χ1) is 15.0. The smallest absolute Gasteiger partial charge is 0.460 e. The zero-order valence-corrected chi connectivity index (χ0v) is 18.2.